The summed E-state index contributed by atoms with van der Waals surface area (Å²) >= 11 is 0. The molecule has 1 aliphatic heterocycles. The topological polar surface area (TPSA) is 63.9 Å². The van der Waals surface area contributed by atoms with E-state index in [4.69, 9.17) is 9.47 Å². The van der Waals surface area contributed by atoms with Gasteiger partial charge in [0.15, 0.2) is 11.5 Å². The zero-order chi connectivity index (χ0) is 17.7. The van der Waals surface area contributed by atoms with E-state index in [9.17, 15) is 10.2 Å². The first kappa shape index (κ1) is 21.8. The standard InChI is InChI=1S/C19H33NO4.CH4/c1-5-7-8-16(6-2)9-20-14(3)17-18(15(20)4)24-13-19(10-21,11-22)12-23-17;/h16,21-22H,5-13H2,1-4H3;1H4. The van der Waals surface area contributed by atoms with Gasteiger partial charge in [0.25, 0.3) is 0 Å². The summed E-state index contributed by atoms with van der Waals surface area (Å²) < 4.78 is 14.2. The fourth-order valence-electron chi connectivity index (χ4n) is 3.34. The fraction of sp³-hybridized carbons (Fsp3) is 0.800. The molecule has 0 radical (unpaired) electrons. The number of unbranched alkanes of at least 4 members (excludes halogenated alkanes) is 1. The number of ether oxygens (including phenoxy) is 2. The Morgan fingerprint density at radius 2 is 1.56 bits per heavy atom. The summed E-state index contributed by atoms with van der Waals surface area (Å²) in [6.45, 7) is 9.83. The third-order valence-corrected chi connectivity index (χ3v) is 5.37. The number of fused-ring (bicyclic) bond motifs is 1. The minimum absolute atomic E-state index is 0. The highest BCUT2D eigenvalue weighted by molar-refractivity contribution is 5.50. The van der Waals surface area contributed by atoms with Crippen molar-refractivity contribution in [1.29, 1.82) is 0 Å². The molecule has 1 unspecified atom stereocenters. The molecule has 0 amide bonds. The first-order chi connectivity index (χ1) is 11.5. The van der Waals surface area contributed by atoms with Crippen LogP contribution in [0.25, 0.3) is 0 Å². The molecule has 5 heteroatoms. The molecule has 1 atom stereocenters. The Morgan fingerprint density at radius 3 is 1.96 bits per heavy atom. The second-order valence-corrected chi connectivity index (χ2v) is 7.25. The van der Waals surface area contributed by atoms with Crippen molar-refractivity contribution in [3.05, 3.63) is 11.4 Å². The van der Waals surface area contributed by atoms with Crippen molar-refractivity contribution in [2.45, 2.75) is 67.3 Å². The summed E-state index contributed by atoms with van der Waals surface area (Å²) in [5, 5.41) is 19.2. The van der Waals surface area contributed by atoms with E-state index in [0.29, 0.717) is 5.92 Å². The second kappa shape index (κ2) is 9.48. The summed E-state index contributed by atoms with van der Waals surface area (Å²) in [5.41, 5.74) is 1.41. The summed E-state index contributed by atoms with van der Waals surface area (Å²) in [6, 6.07) is 0. The highest BCUT2D eigenvalue weighted by Crippen LogP contribution is 2.41. The van der Waals surface area contributed by atoms with Crippen molar-refractivity contribution < 1.29 is 19.7 Å². The Labute approximate surface area is 153 Å². The molecular formula is C20H37NO4. The number of hydrogen-bond donors (Lipinski definition) is 2. The maximum absolute atomic E-state index is 9.58. The first-order valence-electron chi connectivity index (χ1n) is 9.18. The lowest BCUT2D eigenvalue weighted by Crippen LogP contribution is -2.40. The van der Waals surface area contributed by atoms with Gasteiger partial charge in [-0.05, 0) is 26.2 Å². The molecule has 1 aromatic heterocycles. The van der Waals surface area contributed by atoms with Gasteiger partial charge in [-0.3, -0.25) is 0 Å². The van der Waals surface area contributed by atoms with Crippen LogP contribution in [0.1, 0.15) is 58.3 Å². The van der Waals surface area contributed by atoms with Gasteiger partial charge in [-0.25, -0.2) is 0 Å². The Balaban J connectivity index is 0.00000312. The summed E-state index contributed by atoms with van der Waals surface area (Å²) in [6.07, 6.45) is 4.91. The molecule has 25 heavy (non-hydrogen) atoms. The van der Waals surface area contributed by atoms with Crippen LogP contribution in [0.2, 0.25) is 0 Å². The second-order valence-electron chi connectivity index (χ2n) is 7.25. The molecule has 0 aromatic carbocycles. The molecular weight excluding hydrogens is 318 g/mol. The lowest BCUT2D eigenvalue weighted by Gasteiger charge is -2.26. The fourth-order valence-corrected chi connectivity index (χ4v) is 3.34. The summed E-state index contributed by atoms with van der Waals surface area (Å²) in [5.74, 6) is 2.19. The Kier molecular flexibility index (Phi) is 8.29. The van der Waals surface area contributed by atoms with E-state index in [-0.39, 0.29) is 33.9 Å². The number of aromatic nitrogens is 1. The van der Waals surface area contributed by atoms with Crippen LogP contribution >= 0.6 is 0 Å². The van der Waals surface area contributed by atoms with Gasteiger partial charge in [-0.15, -0.1) is 0 Å². The highest BCUT2D eigenvalue weighted by Gasteiger charge is 2.36. The van der Waals surface area contributed by atoms with Crippen molar-refractivity contribution in [2.75, 3.05) is 26.4 Å². The Hall–Kier alpha value is -1.20. The number of aliphatic hydroxyl groups is 2. The maximum Gasteiger partial charge on any atom is 0.182 e. The molecule has 0 aliphatic carbocycles. The molecule has 2 rings (SSSR count). The number of rotatable bonds is 8. The molecule has 0 saturated carbocycles. The van der Waals surface area contributed by atoms with Gasteiger partial charge in [0.1, 0.15) is 13.2 Å². The van der Waals surface area contributed by atoms with Crippen LogP contribution in [0.3, 0.4) is 0 Å². The van der Waals surface area contributed by atoms with Crippen LogP contribution in [-0.4, -0.2) is 41.2 Å². The van der Waals surface area contributed by atoms with Crippen molar-refractivity contribution in [3.8, 4) is 11.5 Å². The van der Waals surface area contributed by atoms with E-state index in [2.05, 4.69) is 32.3 Å². The molecule has 0 spiro atoms. The average Bonchev–Trinajstić information content (AvgIpc) is 2.76. The van der Waals surface area contributed by atoms with Crippen molar-refractivity contribution in [1.82, 2.24) is 4.57 Å². The van der Waals surface area contributed by atoms with Crippen molar-refractivity contribution in [3.63, 3.8) is 0 Å². The normalized spacial score (nSPS) is 16.9. The zero-order valence-corrected chi connectivity index (χ0v) is 15.6. The van der Waals surface area contributed by atoms with E-state index >= 15 is 0 Å². The van der Waals surface area contributed by atoms with Gasteiger partial charge in [-0.2, -0.15) is 0 Å². The maximum atomic E-state index is 9.58. The molecule has 1 aliphatic rings. The van der Waals surface area contributed by atoms with Gasteiger partial charge in [-0.1, -0.05) is 40.5 Å². The van der Waals surface area contributed by atoms with Crippen molar-refractivity contribution in [2.24, 2.45) is 11.3 Å². The van der Waals surface area contributed by atoms with Crippen LogP contribution in [0.5, 0.6) is 11.5 Å². The molecule has 2 N–H and O–H groups in total. The van der Waals surface area contributed by atoms with Gasteiger partial charge >= 0.3 is 0 Å². The van der Waals surface area contributed by atoms with Crippen LogP contribution in [-0.2, 0) is 6.54 Å². The third kappa shape index (κ3) is 4.50. The Bertz CT molecular complexity index is 501. The van der Waals surface area contributed by atoms with Crippen molar-refractivity contribution >= 4 is 0 Å². The van der Waals surface area contributed by atoms with Crippen LogP contribution in [0.4, 0.5) is 0 Å². The summed E-state index contributed by atoms with van der Waals surface area (Å²) in [7, 11) is 0. The number of nitrogens with zero attached hydrogens (tertiary/aromatic N) is 1. The Morgan fingerprint density at radius 1 is 1.04 bits per heavy atom. The SMILES string of the molecule is C.CCCCC(CC)Cn1c(C)c2c(c1C)OCC(CO)(CO)CO2. The zero-order valence-electron chi connectivity index (χ0n) is 15.6. The van der Waals surface area contributed by atoms with Gasteiger partial charge in [0, 0.05) is 6.54 Å². The predicted octanol–water partition coefficient (Wildman–Crippen LogP) is 3.70. The van der Waals surface area contributed by atoms with E-state index in [1.54, 1.807) is 0 Å². The quantitative estimate of drug-likeness (QED) is 0.746. The van der Waals surface area contributed by atoms with Gasteiger partial charge in [0.05, 0.1) is 30.0 Å². The molecule has 0 fully saturated rings. The monoisotopic (exact) mass is 355 g/mol. The van der Waals surface area contributed by atoms with Crippen LogP contribution < -0.4 is 9.47 Å². The van der Waals surface area contributed by atoms with E-state index < -0.39 is 5.41 Å². The lowest BCUT2D eigenvalue weighted by molar-refractivity contribution is -0.00765. The lowest BCUT2D eigenvalue weighted by atomic mass is 9.93. The minimum Gasteiger partial charge on any atom is -0.487 e. The average molecular weight is 356 g/mol. The number of hydrogen-bond acceptors (Lipinski definition) is 4. The molecule has 146 valence electrons. The van der Waals surface area contributed by atoms with Gasteiger partial charge < -0.3 is 24.3 Å². The minimum atomic E-state index is -0.733. The molecule has 5 nitrogen and oxygen atoms in total. The third-order valence-electron chi connectivity index (χ3n) is 5.37. The molecule has 1 aromatic rings. The van der Waals surface area contributed by atoms with Gasteiger partial charge in [0.2, 0.25) is 0 Å². The summed E-state index contributed by atoms with van der Waals surface area (Å²) in [4.78, 5) is 0. The predicted molar refractivity (Wildman–Crippen MR) is 102 cm³/mol. The largest absolute Gasteiger partial charge is 0.487 e. The molecule has 2 heterocycles. The van der Waals surface area contributed by atoms with E-state index in [1.807, 2.05) is 0 Å². The van der Waals surface area contributed by atoms with E-state index in [0.717, 1.165) is 29.4 Å². The van der Waals surface area contributed by atoms with Crippen LogP contribution in [0, 0.1) is 25.2 Å². The smallest absolute Gasteiger partial charge is 0.182 e. The van der Waals surface area contributed by atoms with E-state index in [1.165, 1.54) is 25.7 Å². The molecule has 0 bridgehead atoms. The molecule has 0 saturated heterocycles. The van der Waals surface area contributed by atoms with Crippen LogP contribution in [0.15, 0.2) is 0 Å². The first-order valence-corrected chi connectivity index (χ1v) is 9.18. The highest BCUT2D eigenvalue weighted by atomic mass is 16.5. The number of aliphatic hydroxyl groups excluding tert-OH is 2.